The molecule has 1 amide bonds. The van der Waals surface area contributed by atoms with Crippen LogP contribution in [-0.2, 0) is 14.3 Å². The van der Waals surface area contributed by atoms with Crippen LogP contribution in [-0.4, -0.2) is 43.3 Å². The molecule has 20 heavy (non-hydrogen) atoms. The molecule has 0 aliphatic carbocycles. The van der Waals surface area contributed by atoms with Crippen molar-refractivity contribution < 1.29 is 24.2 Å². The highest BCUT2D eigenvalue weighted by Crippen LogP contribution is 2.27. The molecule has 0 heterocycles. The van der Waals surface area contributed by atoms with Crippen molar-refractivity contribution in [3.8, 4) is 5.75 Å². The van der Waals surface area contributed by atoms with Gasteiger partial charge in [0.05, 0.1) is 18.1 Å². The van der Waals surface area contributed by atoms with Gasteiger partial charge in [0.15, 0.2) is 12.7 Å². The molecule has 1 unspecified atom stereocenters. The van der Waals surface area contributed by atoms with Gasteiger partial charge in [-0.25, -0.2) is 4.79 Å². The average molecular weight is 411 g/mol. The molecule has 0 saturated heterocycles. The minimum atomic E-state index is -1.39. The fraction of sp³-hybridized carbons (Fsp3) is 0.333. The number of hydrogen-bond acceptors (Lipinski definition) is 5. The fourth-order valence-electron chi connectivity index (χ4n) is 1.22. The lowest BCUT2D eigenvalue weighted by molar-refractivity contribution is -0.150. The Balaban J connectivity index is 2.38. The maximum Gasteiger partial charge on any atom is 0.336 e. The number of nitrogens with one attached hydrogen (secondary N) is 1. The van der Waals surface area contributed by atoms with Crippen LogP contribution >= 0.6 is 31.9 Å². The molecule has 110 valence electrons. The van der Waals surface area contributed by atoms with E-state index in [-0.39, 0.29) is 13.2 Å². The number of carbonyl (C=O) groups is 2. The van der Waals surface area contributed by atoms with Crippen LogP contribution in [0.1, 0.15) is 0 Å². The predicted molar refractivity (Wildman–Crippen MR) is 78.4 cm³/mol. The lowest BCUT2D eigenvalue weighted by Crippen LogP contribution is -2.39. The quantitative estimate of drug-likeness (QED) is 0.689. The summed E-state index contributed by atoms with van der Waals surface area (Å²) in [6.07, 6.45) is -1.39. The van der Waals surface area contributed by atoms with E-state index in [9.17, 15) is 14.7 Å². The van der Waals surface area contributed by atoms with Gasteiger partial charge >= 0.3 is 5.97 Å². The summed E-state index contributed by atoms with van der Waals surface area (Å²) in [7, 11) is 1.15. The molecule has 0 aliphatic rings. The second kappa shape index (κ2) is 8.23. The summed E-state index contributed by atoms with van der Waals surface area (Å²) in [5, 5.41) is 11.6. The van der Waals surface area contributed by atoms with Gasteiger partial charge in [0, 0.05) is 4.47 Å². The van der Waals surface area contributed by atoms with Crippen LogP contribution in [0.5, 0.6) is 5.75 Å². The number of rotatable bonds is 6. The van der Waals surface area contributed by atoms with E-state index in [1.54, 1.807) is 18.2 Å². The van der Waals surface area contributed by atoms with Crippen LogP contribution in [0, 0.1) is 0 Å². The minimum Gasteiger partial charge on any atom is -0.483 e. The van der Waals surface area contributed by atoms with Gasteiger partial charge in [0.25, 0.3) is 5.91 Å². The number of halogens is 2. The highest BCUT2D eigenvalue weighted by molar-refractivity contribution is 9.11. The van der Waals surface area contributed by atoms with Crippen LogP contribution in [0.3, 0.4) is 0 Å². The molecule has 0 aromatic heterocycles. The van der Waals surface area contributed by atoms with Gasteiger partial charge < -0.3 is 19.9 Å². The van der Waals surface area contributed by atoms with Crippen molar-refractivity contribution in [2.24, 2.45) is 0 Å². The number of aliphatic hydroxyl groups excluding tert-OH is 1. The Kier molecular flexibility index (Phi) is 6.97. The molecular formula is C12H13Br2NO5. The molecule has 0 bridgehead atoms. The number of carbonyl (C=O) groups excluding carboxylic acids is 2. The predicted octanol–water partition coefficient (Wildman–Crippen LogP) is 1.24. The van der Waals surface area contributed by atoms with Crippen molar-refractivity contribution in [1.29, 1.82) is 0 Å². The number of methoxy groups -OCH3 is 1. The lowest BCUT2D eigenvalue weighted by atomic mass is 10.3. The molecule has 2 N–H and O–H groups in total. The second-order valence-corrected chi connectivity index (χ2v) is 5.48. The Bertz CT molecular complexity index is 495. The highest BCUT2D eigenvalue weighted by Gasteiger charge is 2.16. The summed E-state index contributed by atoms with van der Waals surface area (Å²) in [5.41, 5.74) is 0. The number of aliphatic hydroxyl groups is 1. The Morgan fingerprint density at radius 3 is 2.70 bits per heavy atom. The SMILES string of the molecule is COC(=O)C(O)CNC(=O)COc1ccc(Br)cc1Br. The first-order valence-corrected chi connectivity index (χ1v) is 7.13. The van der Waals surface area contributed by atoms with Gasteiger partial charge in [-0.3, -0.25) is 4.79 Å². The smallest absolute Gasteiger partial charge is 0.336 e. The van der Waals surface area contributed by atoms with Gasteiger partial charge in [0.2, 0.25) is 0 Å². The summed E-state index contributed by atoms with van der Waals surface area (Å²) in [5.74, 6) is -0.749. The average Bonchev–Trinajstić information content (AvgIpc) is 2.42. The number of benzene rings is 1. The second-order valence-electron chi connectivity index (χ2n) is 3.71. The van der Waals surface area contributed by atoms with E-state index in [2.05, 4.69) is 41.9 Å². The normalized spacial score (nSPS) is 11.6. The van der Waals surface area contributed by atoms with Crippen LogP contribution in [0.4, 0.5) is 0 Å². The topological polar surface area (TPSA) is 84.9 Å². The van der Waals surface area contributed by atoms with Crippen molar-refractivity contribution in [1.82, 2.24) is 5.32 Å². The molecule has 1 aromatic carbocycles. The summed E-state index contributed by atoms with van der Waals surface area (Å²) < 4.78 is 11.2. The standard InChI is InChI=1S/C12H13Br2NO5/c1-19-12(18)9(16)5-15-11(17)6-20-10-3-2-7(13)4-8(10)14/h2-4,9,16H,5-6H2,1H3,(H,15,17). The Morgan fingerprint density at radius 2 is 2.10 bits per heavy atom. The third kappa shape index (κ3) is 5.48. The molecule has 0 fully saturated rings. The molecule has 8 heteroatoms. The first kappa shape index (κ1) is 16.9. The van der Waals surface area contributed by atoms with E-state index in [0.29, 0.717) is 10.2 Å². The number of esters is 1. The molecule has 6 nitrogen and oxygen atoms in total. The first-order chi connectivity index (χ1) is 9.43. The van der Waals surface area contributed by atoms with Crippen molar-refractivity contribution in [2.45, 2.75) is 6.10 Å². The molecule has 1 aromatic rings. The molecule has 1 atom stereocenters. The molecule has 0 spiro atoms. The van der Waals surface area contributed by atoms with Crippen molar-refractivity contribution in [3.63, 3.8) is 0 Å². The largest absolute Gasteiger partial charge is 0.483 e. The summed E-state index contributed by atoms with van der Waals surface area (Å²) in [6.45, 7) is -0.454. The van der Waals surface area contributed by atoms with Crippen LogP contribution in [0.15, 0.2) is 27.1 Å². The number of ether oxygens (including phenoxy) is 2. The molecular weight excluding hydrogens is 398 g/mol. The van der Waals surface area contributed by atoms with Crippen LogP contribution in [0.2, 0.25) is 0 Å². The van der Waals surface area contributed by atoms with E-state index >= 15 is 0 Å². The van der Waals surface area contributed by atoms with E-state index in [1.807, 2.05) is 0 Å². The van der Waals surface area contributed by atoms with E-state index in [4.69, 9.17) is 4.74 Å². The Labute approximate surface area is 132 Å². The van der Waals surface area contributed by atoms with Gasteiger partial charge in [0.1, 0.15) is 5.75 Å². The third-order valence-corrected chi connectivity index (χ3v) is 3.33. The summed E-state index contributed by atoms with van der Waals surface area (Å²) in [4.78, 5) is 22.4. The number of amides is 1. The Hall–Kier alpha value is -1.12. The first-order valence-electron chi connectivity index (χ1n) is 5.54. The molecule has 1 rings (SSSR count). The molecule has 0 saturated carbocycles. The van der Waals surface area contributed by atoms with E-state index < -0.39 is 18.0 Å². The lowest BCUT2D eigenvalue weighted by Gasteiger charge is -2.11. The fourth-order valence-corrected chi connectivity index (χ4v) is 2.38. The van der Waals surface area contributed by atoms with E-state index in [1.165, 1.54) is 0 Å². The molecule has 0 radical (unpaired) electrons. The monoisotopic (exact) mass is 409 g/mol. The Morgan fingerprint density at radius 1 is 1.40 bits per heavy atom. The molecule has 0 aliphatic heterocycles. The van der Waals surface area contributed by atoms with Gasteiger partial charge in [-0.15, -0.1) is 0 Å². The maximum absolute atomic E-state index is 11.5. The zero-order valence-corrected chi connectivity index (χ0v) is 13.7. The maximum atomic E-state index is 11.5. The highest BCUT2D eigenvalue weighted by atomic mass is 79.9. The van der Waals surface area contributed by atoms with Crippen molar-refractivity contribution in [3.05, 3.63) is 27.1 Å². The zero-order chi connectivity index (χ0) is 15.1. The van der Waals surface area contributed by atoms with Gasteiger partial charge in [-0.05, 0) is 34.1 Å². The number of hydrogen-bond donors (Lipinski definition) is 2. The van der Waals surface area contributed by atoms with Crippen LogP contribution in [0.25, 0.3) is 0 Å². The minimum absolute atomic E-state index is 0.226. The van der Waals surface area contributed by atoms with Gasteiger partial charge in [-0.2, -0.15) is 0 Å². The van der Waals surface area contributed by atoms with E-state index in [0.717, 1.165) is 11.6 Å². The van der Waals surface area contributed by atoms with Gasteiger partial charge in [-0.1, -0.05) is 15.9 Å². The third-order valence-electron chi connectivity index (χ3n) is 2.22. The zero-order valence-electron chi connectivity index (χ0n) is 10.6. The summed E-state index contributed by atoms with van der Waals surface area (Å²) >= 11 is 6.60. The summed E-state index contributed by atoms with van der Waals surface area (Å²) in [6, 6.07) is 5.26. The van der Waals surface area contributed by atoms with Crippen molar-refractivity contribution in [2.75, 3.05) is 20.3 Å². The van der Waals surface area contributed by atoms with Crippen LogP contribution < -0.4 is 10.1 Å². The van der Waals surface area contributed by atoms with Crippen molar-refractivity contribution >= 4 is 43.7 Å².